The van der Waals surface area contributed by atoms with Gasteiger partial charge in [-0.1, -0.05) is 19.9 Å². The van der Waals surface area contributed by atoms with E-state index in [4.69, 9.17) is 4.74 Å². The number of benzene rings is 2. The van der Waals surface area contributed by atoms with Crippen molar-refractivity contribution in [3.8, 4) is 0 Å². The monoisotopic (exact) mass is 561 g/mol. The number of nitrogens with zero attached hydrogens (tertiary/aromatic N) is 3. The van der Waals surface area contributed by atoms with Crippen molar-refractivity contribution in [1.29, 1.82) is 0 Å². The molecule has 40 heavy (non-hydrogen) atoms. The van der Waals surface area contributed by atoms with E-state index in [0.717, 1.165) is 12.1 Å². The molecule has 2 aromatic carbocycles. The molecule has 12 heteroatoms. The molecule has 2 aliphatic heterocycles. The Hall–Kier alpha value is -3.80. The summed E-state index contributed by atoms with van der Waals surface area (Å²) in [6.07, 6.45) is -3.92. The van der Waals surface area contributed by atoms with Crippen molar-refractivity contribution in [1.82, 2.24) is 9.80 Å². The molecule has 0 aromatic heterocycles. The van der Waals surface area contributed by atoms with Crippen molar-refractivity contribution in [2.75, 3.05) is 68.0 Å². The average molecular weight is 562 g/mol. The van der Waals surface area contributed by atoms with Crippen molar-refractivity contribution >= 4 is 34.9 Å². The molecule has 4 amide bonds. The molecule has 0 radical (unpaired) electrons. The van der Waals surface area contributed by atoms with E-state index in [1.807, 2.05) is 11.0 Å². The maximum absolute atomic E-state index is 13.6. The minimum Gasteiger partial charge on any atom is -0.378 e. The molecule has 9 nitrogen and oxygen atoms in total. The van der Waals surface area contributed by atoms with Gasteiger partial charge in [-0.2, -0.15) is 13.2 Å². The van der Waals surface area contributed by atoms with Crippen LogP contribution in [-0.4, -0.2) is 80.1 Å². The molecule has 0 unspecified atom stereocenters. The van der Waals surface area contributed by atoms with Gasteiger partial charge in [-0.3, -0.25) is 9.59 Å². The van der Waals surface area contributed by atoms with Crippen LogP contribution in [-0.2, 0) is 15.7 Å². The second kappa shape index (κ2) is 12.6. The Morgan fingerprint density at radius 2 is 1.57 bits per heavy atom. The van der Waals surface area contributed by atoms with E-state index in [-0.39, 0.29) is 23.4 Å². The van der Waals surface area contributed by atoms with Gasteiger partial charge in [0.2, 0.25) is 5.91 Å². The number of nitrogens with one attached hydrogen (secondary N) is 2. The highest BCUT2D eigenvalue weighted by Crippen LogP contribution is 2.31. The molecule has 0 saturated carbocycles. The van der Waals surface area contributed by atoms with Crippen LogP contribution in [0.3, 0.4) is 0 Å². The summed E-state index contributed by atoms with van der Waals surface area (Å²) in [6.45, 7) is 7.08. The first-order valence-electron chi connectivity index (χ1n) is 13.3. The molecule has 2 heterocycles. The molecular weight excluding hydrogens is 527 g/mol. The Labute approximate surface area is 231 Å². The van der Waals surface area contributed by atoms with E-state index in [1.165, 1.54) is 12.1 Å². The second-order valence-corrected chi connectivity index (χ2v) is 10.1. The lowest BCUT2D eigenvalue weighted by Crippen LogP contribution is -2.42. The third-order valence-electron chi connectivity index (χ3n) is 6.88. The predicted octanol–water partition coefficient (Wildman–Crippen LogP) is 4.52. The molecule has 2 aliphatic rings. The zero-order valence-corrected chi connectivity index (χ0v) is 22.6. The van der Waals surface area contributed by atoms with Gasteiger partial charge >= 0.3 is 12.2 Å². The fourth-order valence-electron chi connectivity index (χ4n) is 4.62. The Bertz CT molecular complexity index is 1230. The van der Waals surface area contributed by atoms with Crippen LogP contribution >= 0.6 is 0 Å². The fraction of sp³-hybridized carbons (Fsp3) is 0.464. The lowest BCUT2D eigenvalue weighted by atomic mass is 10.1. The normalized spacial score (nSPS) is 16.5. The van der Waals surface area contributed by atoms with Crippen LogP contribution in [0.2, 0.25) is 0 Å². The van der Waals surface area contributed by atoms with Gasteiger partial charge in [-0.15, -0.1) is 0 Å². The molecule has 2 saturated heterocycles. The van der Waals surface area contributed by atoms with E-state index in [2.05, 4.69) is 10.6 Å². The van der Waals surface area contributed by atoms with E-state index in [9.17, 15) is 27.6 Å². The summed E-state index contributed by atoms with van der Waals surface area (Å²) < 4.78 is 44.6. The van der Waals surface area contributed by atoms with Crippen molar-refractivity contribution in [3.63, 3.8) is 0 Å². The SMILES string of the molecule is CC(C)C(=O)Nc1ccc(N2CCCN(C(=O)Nc3cccc(C(F)(F)F)c3)CC2)c(C(=O)N2CCOCC2)c1. The average Bonchev–Trinajstić information content (AvgIpc) is 3.19. The first kappa shape index (κ1) is 29.2. The third kappa shape index (κ3) is 7.23. The molecule has 2 fully saturated rings. The summed E-state index contributed by atoms with van der Waals surface area (Å²) in [5, 5.41) is 5.43. The molecule has 2 N–H and O–H groups in total. The minimum atomic E-state index is -4.51. The first-order chi connectivity index (χ1) is 19.0. The Balaban J connectivity index is 1.50. The highest BCUT2D eigenvalue weighted by Gasteiger charge is 2.31. The Morgan fingerprint density at radius 3 is 2.27 bits per heavy atom. The number of rotatable bonds is 5. The van der Waals surface area contributed by atoms with Crippen molar-refractivity contribution < 1.29 is 32.3 Å². The van der Waals surface area contributed by atoms with Crippen LogP contribution in [0, 0.1) is 5.92 Å². The van der Waals surface area contributed by atoms with E-state index in [1.54, 1.807) is 35.8 Å². The number of morpholine rings is 1. The summed E-state index contributed by atoms with van der Waals surface area (Å²) in [6, 6.07) is 9.30. The van der Waals surface area contributed by atoms with Crippen LogP contribution in [0.4, 0.5) is 35.0 Å². The number of urea groups is 1. The lowest BCUT2D eigenvalue weighted by molar-refractivity contribution is -0.137. The number of hydrogen-bond acceptors (Lipinski definition) is 5. The minimum absolute atomic E-state index is 0.0679. The zero-order valence-electron chi connectivity index (χ0n) is 22.6. The number of carbonyl (C=O) groups is 3. The maximum atomic E-state index is 13.6. The van der Waals surface area contributed by atoms with Gasteiger partial charge in [0.05, 0.1) is 24.3 Å². The number of amides is 4. The summed E-state index contributed by atoms with van der Waals surface area (Å²) >= 11 is 0. The fourth-order valence-corrected chi connectivity index (χ4v) is 4.62. The highest BCUT2D eigenvalue weighted by atomic mass is 19.4. The second-order valence-electron chi connectivity index (χ2n) is 10.1. The van der Waals surface area contributed by atoms with E-state index in [0.29, 0.717) is 75.8 Å². The van der Waals surface area contributed by atoms with Gasteiger partial charge in [0.1, 0.15) is 0 Å². The maximum Gasteiger partial charge on any atom is 0.416 e. The predicted molar refractivity (Wildman–Crippen MR) is 145 cm³/mol. The number of alkyl halides is 3. The van der Waals surface area contributed by atoms with E-state index < -0.39 is 17.8 Å². The van der Waals surface area contributed by atoms with Crippen molar-refractivity contribution in [3.05, 3.63) is 53.6 Å². The van der Waals surface area contributed by atoms with Crippen LogP contribution in [0.15, 0.2) is 42.5 Å². The molecule has 216 valence electrons. The molecular formula is C28H34F3N5O4. The Kier molecular flexibility index (Phi) is 9.18. The zero-order chi connectivity index (χ0) is 28.9. The number of anilines is 3. The Morgan fingerprint density at radius 1 is 0.850 bits per heavy atom. The first-order valence-corrected chi connectivity index (χ1v) is 13.3. The third-order valence-corrected chi connectivity index (χ3v) is 6.88. The van der Waals surface area contributed by atoms with Gasteiger partial charge in [0.25, 0.3) is 5.91 Å². The number of hydrogen-bond donors (Lipinski definition) is 2. The standard InChI is InChI=1S/C28H34F3N5O4/c1-19(2)25(37)32-22-7-8-24(23(18-22)26(38)35-13-15-40-16-14-35)34-9-4-10-36(12-11-34)27(39)33-21-6-3-5-20(17-21)28(29,30)31/h3,5-8,17-19H,4,9-16H2,1-2H3,(H,32,37)(H,33,39). The molecule has 4 rings (SSSR count). The van der Waals surface area contributed by atoms with Crippen LogP contribution in [0.5, 0.6) is 0 Å². The summed E-state index contributed by atoms with van der Waals surface area (Å²) in [5.74, 6) is -0.547. The number of carbonyl (C=O) groups excluding carboxylic acids is 3. The molecule has 0 bridgehead atoms. The van der Waals surface area contributed by atoms with Gasteiger partial charge in [0.15, 0.2) is 0 Å². The number of ether oxygens (including phenoxy) is 1. The van der Waals surface area contributed by atoms with Gasteiger partial charge in [-0.05, 0) is 42.8 Å². The van der Waals surface area contributed by atoms with Crippen molar-refractivity contribution in [2.24, 2.45) is 5.92 Å². The van der Waals surface area contributed by atoms with Gasteiger partial charge in [0, 0.05) is 62.2 Å². The summed E-state index contributed by atoms with van der Waals surface area (Å²) in [4.78, 5) is 44.1. The van der Waals surface area contributed by atoms with E-state index >= 15 is 0 Å². The van der Waals surface area contributed by atoms with Gasteiger partial charge < -0.3 is 30.1 Å². The molecule has 0 spiro atoms. The molecule has 0 aliphatic carbocycles. The van der Waals surface area contributed by atoms with Crippen LogP contribution < -0.4 is 15.5 Å². The highest BCUT2D eigenvalue weighted by molar-refractivity contribution is 6.02. The van der Waals surface area contributed by atoms with Crippen molar-refractivity contribution in [2.45, 2.75) is 26.4 Å². The van der Waals surface area contributed by atoms with Crippen LogP contribution in [0.25, 0.3) is 0 Å². The lowest BCUT2D eigenvalue weighted by Gasteiger charge is -2.30. The number of halogens is 3. The quantitative estimate of drug-likeness (QED) is 0.560. The summed E-state index contributed by atoms with van der Waals surface area (Å²) in [7, 11) is 0. The summed E-state index contributed by atoms with van der Waals surface area (Å²) in [5.41, 5.74) is 0.900. The largest absolute Gasteiger partial charge is 0.416 e. The molecule has 0 atom stereocenters. The van der Waals surface area contributed by atoms with Crippen LogP contribution in [0.1, 0.15) is 36.2 Å². The smallest absolute Gasteiger partial charge is 0.378 e. The van der Waals surface area contributed by atoms with Gasteiger partial charge in [-0.25, -0.2) is 4.79 Å². The molecule has 2 aromatic rings. The topological polar surface area (TPSA) is 94.2 Å².